The molecule has 0 radical (unpaired) electrons. The van der Waals surface area contributed by atoms with Crippen molar-refractivity contribution < 1.29 is 9.90 Å². The third-order valence-corrected chi connectivity index (χ3v) is 4.37. The monoisotopic (exact) mass is 295 g/mol. The standard InChI is InChI=1S/C16H22ClNO2/c1-2-5-14(19)11-18-15(20)16(8-4-9-16)12-6-3-7-13(17)10-12/h3,6-7,10,14,19H,2,4-5,8-9,11H2,1H3,(H,18,20). The molecule has 110 valence electrons. The highest BCUT2D eigenvalue weighted by molar-refractivity contribution is 6.30. The van der Waals surface area contributed by atoms with Crippen molar-refractivity contribution in [2.75, 3.05) is 6.54 Å². The van der Waals surface area contributed by atoms with E-state index in [1.54, 1.807) is 0 Å². The lowest BCUT2D eigenvalue weighted by Crippen LogP contribution is -2.50. The number of hydrogen-bond donors (Lipinski definition) is 2. The topological polar surface area (TPSA) is 49.3 Å². The summed E-state index contributed by atoms with van der Waals surface area (Å²) in [6, 6.07) is 7.55. The molecule has 1 aliphatic rings. The summed E-state index contributed by atoms with van der Waals surface area (Å²) in [5.41, 5.74) is 0.537. The van der Waals surface area contributed by atoms with Gasteiger partial charge in [-0.3, -0.25) is 4.79 Å². The Morgan fingerprint density at radius 2 is 2.25 bits per heavy atom. The average Bonchev–Trinajstić information content (AvgIpc) is 2.35. The number of carbonyl (C=O) groups excluding carboxylic acids is 1. The van der Waals surface area contributed by atoms with Gasteiger partial charge in [0.15, 0.2) is 0 Å². The van der Waals surface area contributed by atoms with Crippen molar-refractivity contribution in [1.82, 2.24) is 5.32 Å². The second-order valence-electron chi connectivity index (χ2n) is 5.60. The minimum Gasteiger partial charge on any atom is -0.391 e. The summed E-state index contributed by atoms with van der Waals surface area (Å²) in [6.45, 7) is 2.35. The number of hydrogen-bond acceptors (Lipinski definition) is 2. The molecule has 1 unspecified atom stereocenters. The third-order valence-electron chi connectivity index (χ3n) is 4.14. The van der Waals surface area contributed by atoms with Crippen molar-refractivity contribution in [3.63, 3.8) is 0 Å². The molecule has 1 atom stereocenters. The van der Waals surface area contributed by atoms with E-state index in [2.05, 4.69) is 5.32 Å². The van der Waals surface area contributed by atoms with Gasteiger partial charge in [0, 0.05) is 11.6 Å². The number of amides is 1. The molecule has 4 heteroatoms. The van der Waals surface area contributed by atoms with Gasteiger partial charge in [0.1, 0.15) is 0 Å². The van der Waals surface area contributed by atoms with Crippen LogP contribution >= 0.6 is 11.6 Å². The lowest BCUT2D eigenvalue weighted by Gasteiger charge is -2.41. The van der Waals surface area contributed by atoms with Gasteiger partial charge in [-0.1, -0.05) is 43.5 Å². The summed E-state index contributed by atoms with van der Waals surface area (Å²) in [6.07, 6.45) is 3.92. The minimum atomic E-state index is -0.458. The van der Waals surface area contributed by atoms with Crippen molar-refractivity contribution in [3.05, 3.63) is 34.9 Å². The second kappa shape index (κ2) is 6.59. The smallest absolute Gasteiger partial charge is 0.230 e. The molecule has 3 nitrogen and oxygen atoms in total. The van der Waals surface area contributed by atoms with E-state index in [0.29, 0.717) is 18.0 Å². The van der Waals surface area contributed by atoms with Gasteiger partial charge in [-0.05, 0) is 37.0 Å². The molecule has 0 bridgehead atoms. The van der Waals surface area contributed by atoms with Crippen LogP contribution < -0.4 is 5.32 Å². The van der Waals surface area contributed by atoms with Crippen molar-refractivity contribution >= 4 is 17.5 Å². The molecule has 1 fully saturated rings. The zero-order chi connectivity index (χ0) is 14.6. The predicted molar refractivity (Wildman–Crippen MR) is 80.9 cm³/mol. The van der Waals surface area contributed by atoms with Crippen LogP contribution in [0.3, 0.4) is 0 Å². The van der Waals surface area contributed by atoms with Gasteiger partial charge in [-0.25, -0.2) is 0 Å². The molecule has 0 aromatic heterocycles. The molecule has 20 heavy (non-hydrogen) atoms. The maximum Gasteiger partial charge on any atom is 0.230 e. The largest absolute Gasteiger partial charge is 0.391 e. The molecule has 0 spiro atoms. The molecule has 0 aliphatic heterocycles. The summed E-state index contributed by atoms with van der Waals surface area (Å²) < 4.78 is 0. The van der Waals surface area contributed by atoms with E-state index in [4.69, 9.17) is 11.6 Å². The second-order valence-corrected chi connectivity index (χ2v) is 6.03. The number of aliphatic hydroxyl groups is 1. The summed E-state index contributed by atoms with van der Waals surface area (Å²) in [5.74, 6) is 0.0150. The van der Waals surface area contributed by atoms with Crippen LogP contribution in [0.15, 0.2) is 24.3 Å². The lowest BCUT2D eigenvalue weighted by atomic mass is 9.64. The van der Waals surface area contributed by atoms with Gasteiger partial charge in [0.25, 0.3) is 0 Å². The minimum absolute atomic E-state index is 0.0150. The highest BCUT2D eigenvalue weighted by Gasteiger charge is 2.45. The van der Waals surface area contributed by atoms with Crippen LogP contribution in [0, 0.1) is 0 Å². The zero-order valence-corrected chi connectivity index (χ0v) is 12.6. The Morgan fingerprint density at radius 3 is 2.80 bits per heavy atom. The molecule has 2 N–H and O–H groups in total. The molecule has 1 amide bonds. The predicted octanol–water partition coefficient (Wildman–Crippen LogP) is 3.04. The Labute approximate surface area is 125 Å². The number of rotatable bonds is 6. The fourth-order valence-corrected chi connectivity index (χ4v) is 2.97. The van der Waals surface area contributed by atoms with Crippen LogP contribution in [-0.2, 0) is 10.2 Å². The first-order valence-corrected chi connectivity index (χ1v) is 7.68. The number of halogens is 1. The van der Waals surface area contributed by atoms with E-state index < -0.39 is 11.5 Å². The fraction of sp³-hybridized carbons (Fsp3) is 0.562. The van der Waals surface area contributed by atoms with Crippen molar-refractivity contribution in [1.29, 1.82) is 0 Å². The van der Waals surface area contributed by atoms with Gasteiger partial charge in [0.2, 0.25) is 5.91 Å². The van der Waals surface area contributed by atoms with Crippen molar-refractivity contribution in [2.24, 2.45) is 0 Å². The molecular formula is C16H22ClNO2. The van der Waals surface area contributed by atoms with Crippen LogP contribution in [-0.4, -0.2) is 23.7 Å². The molecule has 1 saturated carbocycles. The molecule has 0 saturated heterocycles. The lowest BCUT2D eigenvalue weighted by molar-refractivity contribution is -0.130. The van der Waals surface area contributed by atoms with E-state index in [-0.39, 0.29) is 5.91 Å². The van der Waals surface area contributed by atoms with Crippen LogP contribution in [0.25, 0.3) is 0 Å². The van der Waals surface area contributed by atoms with E-state index in [1.807, 2.05) is 31.2 Å². The number of nitrogens with one attached hydrogen (secondary N) is 1. The van der Waals surface area contributed by atoms with Gasteiger partial charge >= 0.3 is 0 Å². The Morgan fingerprint density at radius 1 is 1.50 bits per heavy atom. The number of aliphatic hydroxyl groups excluding tert-OH is 1. The van der Waals surface area contributed by atoms with E-state index >= 15 is 0 Å². The Balaban J connectivity index is 2.05. The van der Waals surface area contributed by atoms with Gasteiger partial charge < -0.3 is 10.4 Å². The van der Waals surface area contributed by atoms with E-state index in [9.17, 15) is 9.90 Å². The highest BCUT2D eigenvalue weighted by Crippen LogP contribution is 2.44. The van der Waals surface area contributed by atoms with Gasteiger partial charge in [0.05, 0.1) is 11.5 Å². The van der Waals surface area contributed by atoms with Gasteiger partial charge in [-0.2, -0.15) is 0 Å². The maximum absolute atomic E-state index is 12.5. The van der Waals surface area contributed by atoms with Gasteiger partial charge in [-0.15, -0.1) is 0 Å². The zero-order valence-electron chi connectivity index (χ0n) is 11.9. The van der Waals surface area contributed by atoms with Crippen LogP contribution in [0.1, 0.15) is 44.6 Å². The first kappa shape index (κ1) is 15.3. The molecule has 1 aliphatic carbocycles. The van der Waals surface area contributed by atoms with Crippen molar-refractivity contribution in [3.8, 4) is 0 Å². The quantitative estimate of drug-likeness (QED) is 0.847. The third kappa shape index (κ3) is 3.15. The normalized spacial score (nSPS) is 18.1. The highest BCUT2D eigenvalue weighted by atomic mass is 35.5. The van der Waals surface area contributed by atoms with Crippen LogP contribution in [0.4, 0.5) is 0 Å². The van der Waals surface area contributed by atoms with Crippen LogP contribution in [0.2, 0.25) is 5.02 Å². The molecule has 1 aromatic carbocycles. The summed E-state index contributed by atoms with van der Waals surface area (Å²) in [5, 5.41) is 13.3. The maximum atomic E-state index is 12.5. The van der Waals surface area contributed by atoms with Crippen LogP contribution in [0.5, 0.6) is 0 Å². The number of carbonyl (C=O) groups is 1. The summed E-state index contributed by atoms with van der Waals surface area (Å²) in [7, 11) is 0. The summed E-state index contributed by atoms with van der Waals surface area (Å²) >= 11 is 6.03. The first-order chi connectivity index (χ1) is 9.58. The molecule has 0 heterocycles. The Hall–Kier alpha value is -1.06. The summed E-state index contributed by atoms with van der Waals surface area (Å²) in [4.78, 5) is 12.5. The fourth-order valence-electron chi connectivity index (χ4n) is 2.78. The average molecular weight is 296 g/mol. The molecular weight excluding hydrogens is 274 g/mol. The Bertz CT molecular complexity index is 471. The molecule has 2 rings (SSSR count). The SMILES string of the molecule is CCCC(O)CNC(=O)C1(c2cccc(Cl)c2)CCC1. The molecule has 1 aromatic rings. The van der Waals surface area contributed by atoms with Crippen molar-refractivity contribution in [2.45, 2.75) is 50.5 Å². The Kier molecular flexibility index (Phi) is 5.06. The first-order valence-electron chi connectivity index (χ1n) is 7.31. The number of benzene rings is 1. The van der Waals surface area contributed by atoms with E-state index in [1.165, 1.54) is 0 Å². The van der Waals surface area contributed by atoms with E-state index in [0.717, 1.165) is 31.2 Å².